The highest BCUT2D eigenvalue weighted by atomic mass is 32.1. The zero-order valence-corrected chi connectivity index (χ0v) is 10.6. The van der Waals surface area contributed by atoms with Gasteiger partial charge in [-0.15, -0.1) is 11.3 Å². The highest BCUT2D eigenvalue weighted by molar-refractivity contribution is 7.09. The third kappa shape index (κ3) is 2.62. The molecule has 0 atom stereocenters. The Morgan fingerprint density at radius 1 is 1.56 bits per heavy atom. The summed E-state index contributed by atoms with van der Waals surface area (Å²) in [7, 11) is 0. The number of hydrogen-bond acceptors (Lipinski definition) is 4. The minimum atomic E-state index is 0.0510. The molecule has 1 fully saturated rings. The fourth-order valence-electron chi connectivity index (χ4n) is 2.27. The lowest BCUT2D eigenvalue weighted by Gasteiger charge is -2.41. The van der Waals surface area contributed by atoms with Crippen molar-refractivity contribution >= 4 is 11.3 Å². The van der Waals surface area contributed by atoms with Crippen LogP contribution in [-0.2, 0) is 13.2 Å². The minimum absolute atomic E-state index is 0.0510. The summed E-state index contributed by atoms with van der Waals surface area (Å²) in [4.78, 5) is 4.32. The predicted octanol–water partition coefficient (Wildman–Crippen LogP) is 2.31. The molecule has 1 aromatic heterocycles. The number of rotatable bonds is 6. The largest absolute Gasteiger partial charge is 0.390 e. The molecule has 2 rings (SSSR count). The normalized spacial score (nSPS) is 18.4. The molecule has 4 heteroatoms. The van der Waals surface area contributed by atoms with Gasteiger partial charge in [-0.25, -0.2) is 4.98 Å². The number of aliphatic hydroxyl groups excluding tert-OH is 1. The van der Waals surface area contributed by atoms with Crippen molar-refractivity contribution < 1.29 is 5.11 Å². The van der Waals surface area contributed by atoms with Crippen LogP contribution in [-0.4, -0.2) is 16.6 Å². The number of nitrogens with one attached hydrogen (secondary N) is 1. The fraction of sp³-hybridized carbons (Fsp3) is 0.750. The Morgan fingerprint density at radius 3 is 2.88 bits per heavy atom. The van der Waals surface area contributed by atoms with Crippen LogP contribution in [0.4, 0.5) is 0 Å². The van der Waals surface area contributed by atoms with Crippen LogP contribution in [0.3, 0.4) is 0 Å². The topological polar surface area (TPSA) is 45.2 Å². The molecule has 0 amide bonds. The van der Waals surface area contributed by atoms with E-state index < -0.39 is 0 Å². The molecule has 1 saturated carbocycles. The molecule has 1 heterocycles. The summed E-state index contributed by atoms with van der Waals surface area (Å²) in [5.74, 6) is 0. The third-order valence-corrected chi connectivity index (χ3v) is 4.60. The Kier molecular flexibility index (Phi) is 3.95. The van der Waals surface area contributed by atoms with Gasteiger partial charge in [0.25, 0.3) is 0 Å². The van der Waals surface area contributed by atoms with E-state index in [9.17, 15) is 0 Å². The summed E-state index contributed by atoms with van der Waals surface area (Å²) in [6.45, 7) is 4.29. The lowest BCUT2D eigenvalue weighted by molar-refractivity contribution is 0.124. The molecule has 2 N–H and O–H groups in total. The maximum absolute atomic E-state index is 8.91. The van der Waals surface area contributed by atoms with E-state index in [1.807, 2.05) is 5.38 Å². The quantitative estimate of drug-likeness (QED) is 0.802. The second kappa shape index (κ2) is 5.25. The Balaban J connectivity index is 1.75. The maximum Gasteiger partial charge on any atom is 0.107 e. The molecule has 1 aliphatic rings. The first-order valence-electron chi connectivity index (χ1n) is 6.03. The van der Waals surface area contributed by atoms with Crippen LogP contribution in [0.25, 0.3) is 0 Å². The molecule has 0 bridgehead atoms. The van der Waals surface area contributed by atoms with E-state index in [4.69, 9.17) is 5.11 Å². The number of nitrogens with zero attached hydrogens (tertiary/aromatic N) is 1. The standard InChI is InChI=1S/C12H20N2OS/c1-2-12(4-3-5-12)9-13-6-11-14-10(7-15)8-16-11/h8,13,15H,2-7,9H2,1H3. The molecule has 0 radical (unpaired) electrons. The van der Waals surface area contributed by atoms with Crippen LogP contribution in [0.15, 0.2) is 5.38 Å². The first kappa shape index (κ1) is 12.0. The average molecular weight is 240 g/mol. The van der Waals surface area contributed by atoms with Crippen molar-refractivity contribution in [1.29, 1.82) is 0 Å². The molecule has 0 aromatic carbocycles. The average Bonchev–Trinajstić information content (AvgIpc) is 2.70. The van der Waals surface area contributed by atoms with Gasteiger partial charge in [0.2, 0.25) is 0 Å². The molecule has 90 valence electrons. The van der Waals surface area contributed by atoms with E-state index in [1.165, 1.54) is 25.7 Å². The van der Waals surface area contributed by atoms with Crippen LogP contribution in [0.2, 0.25) is 0 Å². The fourth-order valence-corrected chi connectivity index (χ4v) is 3.02. The van der Waals surface area contributed by atoms with Gasteiger partial charge in [-0.05, 0) is 24.7 Å². The van der Waals surface area contributed by atoms with Gasteiger partial charge in [0, 0.05) is 18.5 Å². The van der Waals surface area contributed by atoms with Crippen molar-refractivity contribution in [2.75, 3.05) is 6.54 Å². The molecule has 0 aliphatic heterocycles. The summed E-state index contributed by atoms with van der Waals surface area (Å²) in [6, 6.07) is 0. The van der Waals surface area contributed by atoms with Gasteiger partial charge in [0.05, 0.1) is 12.3 Å². The van der Waals surface area contributed by atoms with E-state index in [-0.39, 0.29) is 6.61 Å². The summed E-state index contributed by atoms with van der Waals surface area (Å²) in [5.41, 5.74) is 1.35. The summed E-state index contributed by atoms with van der Waals surface area (Å²) in [6.07, 6.45) is 5.41. The summed E-state index contributed by atoms with van der Waals surface area (Å²) >= 11 is 1.62. The van der Waals surface area contributed by atoms with Crippen molar-refractivity contribution in [3.8, 4) is 0 Å². The molecule has 0 saturated heterocycles. The van der Waals surface area contributed by atoms with E-state index in [2.05, 4.69) is 17.2 Å². The molecular weight excluding hydrogens is 220 g/mol. The highest BCUT2D eigenvalue weighted by Gasteiger charge is 2.34. The molecule has 0 spiro atoms. The van der Waals surface area contributed by atoms with E-state index in [1.54, 1.807) is 11.3 Å². The lowest BCUT2D eigenvalue weighted by atomic mass is 9.67. The monoisotopic (exact) mass is 240 g/mol. The smallest absolute Gasteiger partial charge is 0.107 e. The molecular formula is C12H20N2OS. The van der Waals surface area contributed by atoms with Crippen molar-refractivity contribution in [2.45, 2.75) is 45.8 Å². The van der Waals surface area contributed by atoms with Crippen molar-refractivity contribution in [3.63, 3.8) is 0 Å². The van der Waals surface area contributed by atoms with Crippen molar-refractivity contribution in [1.82, 2.24) is 10.3 Å². The van der Waals surface area contributed by atoms with Gasteiger partial charge in [-0.2, -0.15) is 0 Å². The number of hydrogen-bond donors (Lipinski definition) is 2. The zero-order valence-electron chi connectivity index (χ0n) is 9.83. The van der Waals surface area contributed by atoms with E-state index in [0.717, 1.165) is 23.8 Å². The molecule has 0 unspecified atom stereocenters. The van der Waals surface area contributed by atoms with Gasteiger partial charge in [-0.3, -0.25) is 0 Å². The lowest BCUT2D eigenvalue weighted by Crippen LogP contribution is -2.39. The van der Waals surface area contributed by atoms with Crippen LogP contribution < -0.4 is 5.32 Å². The van der Waals surface area contributed by atoms with Crippen LogP contribution in [0, 0.1) is 5.41 Å². The molecule has 3 nitrogen and oxygen atoms in total. The highest BCUT2D eigenvalue weighted by Crippen LogP contribution is 2.43. The van der Waals surface area contributed by atoms with Crippen LogP contribution >= 0.6 is 11.3 Å². The number of aromatic nitrogens is 1. The second-order valence-electron chi connectivity index (χ2n) is 4.70. The van der Waals surface area contributed by atoms with Gasteiger partial charge in [-0.1, -0.05) is 13.3 Å². The maximum atomic E-state index is 8.91. The second-order valence-corrected chi connectivity index (χ2v) is 5.64. The molecule has 16 heavy (non-hydrogen) atoms. The number of aliphatic hydroxyl groups is 1. The Hall–Kier alpha value is -0.450. The van der Waals surface area contributed by atoms with Crippen molar-refractivity contribution in [3.05, 3.63) is 16.1 Å². The molecule has 1 aromatic rings. The van der Waals surface area contributed by atoms with Gasteiger partial charge in [0.1, 0.15) is 5.01 Å². The summed E-state index contributed by atoms with van der Waals surface area (Å²) < 4.78 is 0. The van der Waals surface area contributed by atoms with Crippen molar-refractivity contribution in [2.24, 2.45) is 5.41 Å². The molecule has 1 aliphatic carbocycles. The Bertz CT molecular complexity index is 328. The van der Waals surface area contributed by atoms with Crippen LogP contribution in [0.1, 0.15) is 43.3 Å². The Morgan fingerprint density at radius 2 is 2.38 bits per heavy atom. The van der Waals surface area contributed by atoms with E-state index >= 15 is 0 Å². The Labute approximate surface area is 101 Å². The predicted molar refractivity (Wildman–Crippen MR) is 66.3 cm³/mol. The first-order chi connectivity index (χ1) is 7.78. The zero-order chi connectivity index (χ0) is 11.4. The van der Waals surface area contributed by atoms with Gasteiger partial charge in [0.15, 0.2) is 0 Å². The van der Waals surface area contributed by atoms with Gasteiger partial charge < -0.3 is 10.4 Å². The van der Waals surface area contributed by atoms with E-state index in [0.29, 0.717) is 5.41 Å². The first-order valence-corrected chi connectivity index (χ1v) is 6.91. The number of thiazole rings is 1. The summed E-state index contributed by atoms with van der Waals surface area (Å²) in [5, 5.41) is 15.4. The third-order valence-electron chi connectivity index (χ3n) is 3.70. The van der Waals surface area contributed by atoms with Crippen LogP contribution in [0.5, 0.6) is 0 Å². The van der Waals surface area contributed by atoms with Gasteiger partial charge >= 0.3 is 0 Å². The minimum Gasteiger partial charge on any atom is -0.390 e. The SMILES string of the molecule is CCC1(CNCc2nc(CO)cs2)CCC1.